The van der Waals surface area contributed by atoms with Crippen LogP contribution in [0.1, 0.15) is 31.2 Å². The van der Waals surface area contributed by atoms with E-state index < -0.39 is 0 Å². The molecule has 3 aliphatic rings. The molecule has 2 aliphatic carbocycles. The van der Waals surface area contributed by atoms with Crippen LogP contribution in [0.4, 0.5) is 0 Å². The first-order chi connectivity index (χ1) is 11.9. The van der Waals surface area contributed by atoms with Crippen molar-refractivity contribution in [2.75, 3.05) is 26.4 Å². The van der Waals surface area contributed by atoms with Crippen LogP contribution in [-0.2, 0) is 14.2 Å². The molecule has 1 aliphatic heterocycles. The van der Waals surface area contributed by atoms with Crippen LogP contribution in [-0.4, -0.2) is 32.7 Å². The highest BCUT2D eigenvalue weighted by atomic mass is 16.7. The van der Waals surface area contributed by atoms with Gasteiger partial charge in [-0.25, -0.2) is 0 Å². The molecule has 1 aromatic carbocycles. The van der Waals surface area contributed by atoms with Crippen molar-refractivity contribution in [2.24, 2.45) is 11.8 Å². The summed E-state index contributed by atoms with van der Waals surface area (Å²) in [5.41, 5.74) is 4.29. The van der Waals surface area contributed by atoms with Crippen molar-refractivity contribution in [1.82, 2.24) is 0 Å². The molecule has 0 spiro atoms. The van der Waals surface area contributed by atoms with E-state index in [2.05, 4.69) is 42.5 Å². The van der Waals surface area contributed by atoms with E-state index in [1.807, 2.05) is 0 Å². The van der Waals surface area contributed by atoms with Gasteiger partial charge in [0.1, 0.15) is 0 Å². The van der Waals surface area contributed by atoms with E-state index in [1.54, 1.807) is 0 Å². The molecule has 4 rings (SSSR count). The molecule has 1 fully saturated rings. The number of fused-ring (bicyclic) bond motifs is 2. The maximum absolute atomic E-state index is 5.94. The van der Waals surface area contributed by atoms with Gasteiger partial charge in [0, 0.05) is 18.4 Å². The van der Waals surface area contributed by atoms with Gasteiger partial charge in [-0.1, -0.05) is 42.5 Å². The number of ether oxygens (including phenoxy) is 3. The zero-order chi connectivity index (χ0) is 16.2. The van der Waals surface area contributed by atoms with E-state index in [9.17, 15) is 0 Å². The van der Waals surface area contributed by atoms with Crippen molar-refractivity contribution in [1.29, 1.82) is 0 Å². The third kappa shape index (κ3) is 3.49. The van der Waals surface area contributed by atoms with Gasteiger partial charge < -0.3 is 14.2 Å². The lowest BCUT2D eigenvalue weighted by atomic mass is 9.91. The van der Waals surface area contributed by atoms with Crippen LogP contribution in [0.3, 0.4) is 0 Å². The first-order valence-electron chi connectivity index (χ1n) is 9.19. The first kappa shape index (κ1) is 16.1. The number of benzene rings is 1. The van der Waals surface area contributed by atoms with Crippen LogP contribution in [0.5, 0.6) is 0 Å². The van der Waals surface area contributed by atoms with E-state index in [0.717, 1.165) is 19.4 Å². The standard InChI is InChI=1S/C21H26O3/c1-2-6-16(7-3-1)21-18-10-9-17(14-18)19(21)15-22-12-13-24-20-8-4-5-11-23-20/h1-3,6-7,9-10,17-18,20H,4-5,8,11-15H2/t17-,18+,20?/m1/s1. The van der Waals surface area contributed by atoms with E-state index in [0.29, 0.717) is 31.7 Å². The van der Waals surface area contributed by atoms with Gasteiger partial charge in [0.2, 0.25) is 0 Å². The second kappa shape index (κ2) is 7.64. The topological polar surface area (TPSA) is 27.7 Å². The van der Waals surface area contributed by atoms with Gasteiger partial charge in [0.15, 0.2) is 6.29 Å². The summed E-state index contributed by atoms with van der Waals surface area (Å²) in [5.74, 6) is 1.13. The van der Waals surface area contributed by atoms with E-state index in [4.69, 9.17) is 14.2 Å². The largest absolute Gasteiger partial charge is 0.375 e. The Morgan fingerprint density at radius 3 is 2.71 bits per heavy atom. The third-order valence-electron chi connectivity index (χ3n) is 5.26. The minimum Gasteiger partial charge on any atom is -0.375 e. The van der Waals surface area contributed by atoms with Gasteiger partial charge in [-0.05, 0) is 42.4 Å². The average Bonchev–Trinajstić information content (AvgIpc) is 3.24. The van der Waals surface area contributed by atoms with Gasteiger partial charge in [0.05, 0.1) is 19.8 Å². The predicted molar refractivity (Wildman–Crippen MR) is 94.5 cm³/mol. The number of hydrogen-bond donors (Lipinski definition) is 0. The highest BCUT2D eigenvalue weighted by Gasteiger charge is 2.35. The van der Waals surface area contributed by atoms with Crippen molar-refractivity contribution in [2.45, 2.75) is 32.0 Å². The fourth-order valence-electron chi connectivity index (χ4n) is 4.07. The lowest BCUT2D eigenvalue weighted by molar-refractivity contribution is -0.168. The summed E-state index contributed by atoms with van der Waals surface area (Å²) in [7, 11) is 0. The number of hydrogen-bond acceptors (Lipinski definition) is 3. The highest BCUT2D eigenvalue weighted by Crippen LogP contribution is 2.48. The van der Waals surface area contributed by atoms with Crippen LogP contribution < -0.4 is 0 Å². The second-order valence-electron chi connectivity index (χ2n) is 6.86. The molecule has 2 bridgehead atoms. The van der Waals surface area contributed by atoms with Gasteiger partial charge >= 0.3 is 0 Å². The second-order valence-corrected chi connectivity index (χ2v) is 6.86. The molecular formula is C21H26O3. The summed E-state index contributed by atoms with van der Waals surface area (Å²) in [4.78, 5) is 0. The smallest absolute Gasteiger partial charge is 0.157 e. The molecule has 3 heteroatoms. The molecule has 3 nitrogen and oxygen atoms in total. The Balaban J connectivity index is 1.30. The maximum atomic E-state index is 5.94. The molecule has 24 heavy (non-hydrogen) atoms. The molecule has 128 valence electrons. The van der Waals surface area contributed by atoms with Crippen LogP contribution in [0, 0.1) is 11.8 Å². The SMILES string of the molecule is C1=C[C@H]2C[C@@H]1C(COCCOC1CCCCO1)=C2c1ccccc1. The van der Waals surface area contributed by atoms with Crippen molar-refractivity contribution in [3.8, 4) is 0 Å². The lowest BCUT2D eigenvalue weighted by Gasteiger charge is -2.22. The van der Waals surface area contributed by atoms with Crippen molar-refractivity contribution >= 4 is 5.57 Å². The summed E-state index contributed by atoms with van der Waals surface area (Å²) in [6.07, 6.45) is 9.28. The molecule has 1 saturated heterocycles. The summed E-state index contributed by atoms with van der Waals surface area (Å²) < 4.78 is 17.3. The zero-order valence-electron chi connectivity index (χ0n) is 14.2. The van der Waals surface area contributed by atoms with Gasteiger partial charge in [0.25, 0.3) is 0 Å². The maximum Gasteiger partial charge on any atom is 0.157 e. The fraction of sp³-hybridized carbons (Fsp3) is 0.524. The zero-order valence-corrected chi connectivity index (χ0v) is 14.2. The van der Waals surface area contributed by atoms with Crippen LogP contribution >= 0.6 is 0 Å². The normalized spacial score (nSPS) is 28.8. The van der Waals surface area contributed by atoms with Crippen LogP contribution in [0.25, 0.3) is 5.57 Å². The van der Waals surface area contributed by atoms with Gasteiger partial charge in [-0.15, -0.1) is 0 Å². The van der Waals surface area contributed by atoms with Crippen molar-refractivity contribution in [3.05, 3.63) is 53.6 Å². The van der Waals surface area contributed by atoms with Crippen molar-refractivity contribution < 1.29 is 14.2 Å². The molecule has 3 atom stereocenters. The Labute approximate surface area is 144 Å². The Kier molecular flexibility index (Phi) is 5.12. The fourth-order valence-corrected chi connectivity index (χ4v) is 4.07. The molecule has 0 aromatic heterocycles. The quantitative estimate of drug-likeness (QED) is 0.555. The molecule has 0 amide bonds. The third-order valence-corrected chi connectivity index (χ3v) is 5.26. The molecule has 0 N–H and O–H groups in total. The van der Waals surface area contributed by atoms with Crippen molar-refractivity contribution in [3.63, 3.8) is 0 Å². The molecule has 1 unspecified atom stereocenters. The highest BCUT2D eigenvalue weighted by molar-refractivity contribution is 5.76. The Morgan fingerprint density at radius 2 is 1.88 bits per heavy atom. The summed E-state index contributed by atoms with van der Waals surface area (Å²) in [5, 5.41) is 0. The molecular weight excluding hydrogens is 300 g/mol. The summed E-state index contributed by atoms with van der Waals surface area (Å²) >= 11 is 0. The lowest BCUT2D eigenvalue weighted by Crippen LogP contribution is -2.24. The minimum absolute atomic E-state index is 0.0214. The van der Waals surface area contributed by atoms with Crippen LogP contribution in [0.15, 0.2) is 48.1 Å². The van der Waals surface area contributed by atoms with Crippen LogP contribution in [0.2, 0.25) is 0 Å². The van der Waals surface area contributed by atoms with Gasteiger partial charge in [-0.3, -0.25) is 0 Å². The van der Waals surface area contributed by atoms with E-state index in [1.165, 1.54) is 29.6 Å². The predicted octanol–water partition coefficient (Wildman–Crippen LogP) is 4.21. The Bertz CT molecular complexity index is 599. The Morgan fingerprint density at radius 1 is 1.00 bits per heavy atom. The molecule has 1 aromatic rings. The molecule has 1 heterocycles. The molecule has 0 saturated carbocycles. The van der Waals surface area contributed by atoms with Gasteiger partial charge in [-0.2, -0.15) is 0 Å². The number of rotatable bonds is 7. The number of allylic oxidation sites excluding steroid dienone is 3. The average molecular weight is 326 g/mol. The monoisotopic (exact) mass is 326 g/mol. The summed E-state index contributed by atoms with van der Waals surface area (Å²) in [6, 6.07) is 10.7. The minimum atomic E-state index is -0.0214. The first-order valence-corrected chi connectivity index (χ1v) is 9.19. The van der Waals surface area contributed by atoms with E-state index >= 15 is 0 Å². The molecule has 0 radical (unpaired) electrons. The van der Waals surface area contributed by atoms with E-state index in [-0.39, 0.29) is 6.29 Å². The Hall–Kier alpha value is -1.42. The summed E-state index contributed by atoms with van der Waals surface area (Å²) in [6.45, 7) is 2.79.